The van der Waals surface area contributed by atoms with E-state index in [2.05, 4.69) is 15.4 Å². The van der Waals surface area contributed by atoms with Gasteiger partial charge < -0.3 is 20.1 Å². The molecule has 0 saturated heterocycles. The van der Waals surface area contributed by atoms with Gasteiger partial charge in [-0.25, -0.2) is 0 Å². The van der Waals surface area contributed by atoms with Gasteiger partial charge in [-0.2, -0.15) is 0 Å². The first-order valence-electron chi connectivity index (χ1n) is 6.85. The minimum atomic E-state index is -4.71. The molecule has 4 nitrogen and oxygen atoms in total. The predicted molar refractivity (Wildman–Crippen MR) is 90.7 cm³/mol. The second-order valence-electron chi connectivity index (χ2n) is 4.86. The van der Waals surface area contributed by atoms with Crippen molar-refractivity contribution in [1.29, 1.82) is 0 Å². The molecule has 0 aliphatic heterocycles. The number of aryl methyl sites for hydroxylation is 1. The van der Waals surface area contributed by atoms with Gasteiger partial charge in [-0.1, -0.05) is 6.07 Å². The fraction of sp³-hybridized carbons (Fsp3) is 0.188. The number of thiocarbonyl (C=S) groups is 1. The van der Waals surface area contributed by atoms with Gasteiger partial charge in [0, 0.05) is 5.69 Å². The number of ether oxygens (including phenoxy) is 2. The summed E-state index contributed by atoms with van der Waals surface area (Å²) in [6.07, 6.45) is -4.71. The van der Waals surface area contributed by atoms with Gasteiger partial charge >= 0.3 is 6.36 Å². The van der Waals surface area contributed by atoms with Crippen LogP contribution in [0.2, 0.25) is 0 Å². The average Bonchev–Trinajstić information content (AvgIpc) is 2.48. The average molecular weight is 356 g/mol. The van der Waals surface area contributed by atoms with Crippen molar-refractivity contribution in [2.45, 2.75) is 13.3 Å². The standard InChI is InChI=1S/C16H15F3N2O2S/c1-10-3-8-14(22-2)13(9-10)21-15(24)20-11-4-6-12(7-5-11)23-16(17,18)19/h3-9H,1-2H3,(H2,20,21,24). The summed E-state index contributed by atoms with van der Waals surface area (Å²) in [7, 11) is 1.55. The van der Waals surface area contributed by atoms with E-state index in [1.807, 2.05) is 25.1 Å². The summed E-state index contributed by atoms with van der Waals surface area (Å²) in [5.74, 6) is 0.325. The number of rotatable bonds is 4. The van der Waals surface area contributed by atoms with Crippen molar-refractivity contribution in [1.82, 2.24) is 0 Å². The van der Waals surface area contributed by atoms with Gasteiger partial charge in [-0.05, 0) is 61.1 Å². The lowest BCUT2D eigenvalue weighted by Gasteiger charge is -2.14. The fourth-order valence-corrected chi connectivity index (χ4v) is 2.17. The first-order valence-corrected chi connectivity index (χ1v) is 7.26. The van der Waals surface area contributed by atoms with Crippen LogP contribution in [0.3, 0.4) is 0 Å². The molecule has 0 unspecified atom stereocenters. The molecule has 0 heterocycles. The Morgan fingerprint density at radius 1 is 1.04 bits per heavy atom. The zero-order valence-corrected chi connectivity index (χ0v) is 13.7. The van der Waals surface area contributed by atoms with Crippen LogP contribution in [-0.4, -0.2) is 18.6 Å². The Morgan fingerprint density at radius 3 is 2.29 bits per heavy atom. The monoisotopic (exact) mass is 356 g/mol. The van der Waals surface area contributed by atoms with Crippen LogP contribution in [0, 0.1) is 6.92 Å². The summed E-state index contributed by atoms with van der Waals surface area (Å²) in [4.78, 5) is 0. The van der Waals surface area contributed by atoms with Crippen LogP contribution >= 0.6 is 12.2 Å². The highest BCUT2D eigenvalue weighted by molar-refractivity contribution is 7.80. The summed E-state index contributed by atoms with van der Waals surface area (Å²) in [6.45, 7) is 1.93. The summed E-state index contributed by atoms with van der Waals surface area (Å²) in [6, 6.07) is 10.8. The van der Waals surface area contributed by atoms with Gasteiger partial charge in [0.2, 0.25) is 0 Å². The Kier molecular flexibility index (Phi) is 5.50. The fourth-order valence-electron chi connectivity index (χ4n) is 1.94. The number of halogens is 3. The van der Waals surface area contributed by atoms with E-state index in [0.717, 1.165) is 5.56 Å². The number of benzene rings is 2. The predicted octanol–water partition coefficient (Wildman–Crippen LogP) is 4.71. The quantitative estimate of drug-likeness (QED) is 0.777. The smallest absolute Gasteiger partial charge is 0.495 e. The third-order valence-electron chi connectivity index (χ3n) is 2.95. The van der Waals surface area contributed by atoms with Crippen molar-refractivity contribution >= 4 is 28.7 Å². The Labute approximate surface area is 142 Å². The molecular weight excluding hydrogens is 341 g/mol. The number of alkyl halides is 3. The molecule has 0 aliphatic rings. The van der Waals surface area contributed by atoms with Gasteiger partial charge in [-0.3, -0.25) is 0 Å². The van der Waals surface area contributed by atoms with Gasteiger partial charge in [0.25, 0.3) is 0 Å². The molecule has 128 valence electrons. The lowest BCUT2D eigenvalue weighted by molar-refractivity contribution is -0.274. The SMILES string of the molecule is COc1ccc(C)cc1NC(=S)Nc1ccc(OC(F)(F)F)cc1. The van der Waals surface area contributed by atoms with Crippen molar-refractivity contribution in [2.24, 2.45) is 0 Å². The maximum absolute atomic E-state index is 12.1. The van der Waals surface area contributed by atoms with Crippen LogP contribution in [0.5, 0.6) is 11.5 Å². The van der Waals surface area contributed by atoms with Gasteiger partial charge in [0.15, 0.2) is 5.11 Å². The van der Waals surface area contributed by atoms with Crippen molar-refractivity contribution in [3.8, 4) is 11.5 Å². The first-order chi connectivity index (χ1) is 11.3. The van der Waals surface area contributed by atoms with Crippen LogP contribution in [-0.2, 0) is 0 Å². The van der Waals surface area contributed by atoms with E-state index in [1.165, 1.54) is 24.3 Å². The molecule has 0 saturated carbocycles. The Morgan fingerprint density at radius 2 is 1.71 bits per heavy atom. The molecule has 2 N–H and O–H groups in total. The third-order valence-corrected chi connectivity index (χ3v) is 3.15. The Bertz CT molecular complexity index is 718. The van der Waals surface area contributed by atoms with Crippen LogP contribution in [0.4, 0.5) is 24.5 Å². The summed E-state index contributed by atoms with van der Waals surface area (Å²) in [5.41, 5.74) is 2.23. The maximum Gasteiger partial charge on any atom is 0.573 e. The molecule has 2 aromatic rings. The molecule has 2 rings (SSSR count). The minimum absolute atomic E-state index is 0.281. The second kappa shape index (κ2) is 7.39. The third kappa shape index (κ3) is 5.31. The number of anilines is 2. The van der Waals surface area contributed by atoms with E-state index >= 15 is 0 Å². The van der Waals surface area contributed by atoms with E-state index in [9.17, 15) is 13.2 Å². The molecule has 0 aromatic heterocycles. The van der Waals surface area contributed by atoms with E-state index in [4.69, 9.17) is 17.0 Å². The van der Waals surface area contributed by atoms with Gasteiger partial charge in [0.1, 0.15) is 11.5 Å². The summed E-state index contributed by atoms with van der Waals surface area (Å²) < 4.78 is 45.4. The van der Waals surface area contributed by atoms with Crippen molar-refractivity contribution in [2.75, 3.05) is 17.7 Å². The van der Waals surface area contributed by atoms with Crippen molar-refractivity contribution in [3.05, 3.63) is 48.0 Å². The van der Waals surface area contributed by atoms with Crippen molar-refractivity contribution < 1.29 is 22.6 Å². The zero-order valence-electron chi connectivity index (χ0n) is 12.9. The lowest BCUT2D eigenvalue weighted by Crippen LogP contribution is -2.20. The largest absolute Gasteiger partial charge is 0.573 e. The molecule has 24 heavy (non-hydrogen) atoms. The van der Waals surface area contributed by atoms with E-state index in [0.29, 0.717) is 17.1 Å². The first kappa shape index (κ1) is 17.9. The zero-order chi connectivity index (χ0) is 17.7. The topological polar surface area (TPSA) is 42.5 Å². The van der Waals surface area contributed by atoms with Crippen LogP contribution in [0.1, 0.15) is 5.56 Å². The Hall–Kier alpha value is -2.48. The van der Waals surface area contributed by atoms with E-state index < -0.39 is 6.36 Å². The van der Waals surface area contributed by atoms with Crippen LogP contribution in [0.25, 0.3) is 0 Å². The summed E-state index contributed by atoms with van der Waals surface area (Å²) >= 11 is 5.20. The highest BCUT2D eigenvalue weighted by Gasteiger charge is 2.30. The molecule has 0 bridgehead atoms. The number of nitrogens with one attached hydrogen (secondary N) is 2. The molecule has 0 fully saturated rings. The van der Waals surface area contributed by atoms with Crippen LogP contribution < -0.4 is 20.1 Å². The Balaban J connectivity index is 2.01. The van der Waals surface area contributed by atoms with Gasteiger partial charge in [0.05, 0.1) is 12.8 Å². The van der Waals surface area contributed by atoms with E-state index in [-0.39, 0.29) is 10.9 Å². The molecular formula is C16H15F3N2O2S. The number of methoxy groups -OCH3 is 1. The molecule has 0 radical (unpaired) electrons. The minimum Gasteiger partial charge on any atom is -0.495 e. The number of hydrogen-bond acceptors (Lipinski definition) is 3. The molecule has 2 aromatic carbocycles. The van der Waals surface area contributed by atoms with E-state index in [1.54, 1.807) is 7.11 Å². The normalized spacial score (nSPS) is 10.9. The highest BCUT2D eigenvalue weighted by atomic mass is 32.1. The summed E-state index contributed by atoms with van der Waals surface area (Å²) in [5, 5.41) is 6.15. The lowest BCUT2D eigenvalue weighted by atomic mass is 10.2. The molecule has 8 heteroatoms. The van der Waals surface area contributed by atoms with Crippen LogP contribution in [0.15, 0.2) is 42.5 Å². The molecule has 0 aliphatic carbocycles. The highest BCUT2D eigenvalue weighted by Crippen LogP contribution is 2.26. The molecule has 0 atom stereocenters. The molecule has 0 amide bonds. The number of hydrogen-bond donors (Lipinski definition) is 2. The van der Waals surface area contributed by atoms with Crippen molar-refractivity contribution in [3.63, 3.8) is 0 Å². The maximum atomic E-state index is 12.1. The van der Waals surface area contributed by atoms with Gasteiger partial charge in [-0.15, -0.1) is 13.2 Å². The molecule has 0 spiro atoms. The second-order valence-corrected chi connectivity index (χ2v) is 5.26.